The molecule has 0 spiro atoms. The van der Waals surface area contributed by atoms with Crippen LogP contribution in [0.3, 0.4) is 0 Å². The lowest BCUT2D eigenvalue weighted by molar-refractivity contribution is 0.120. The van der Waals surface area contributed by atoms with Gasteiger partial charge in [-0.2, -0.15) is 0 Å². The van der Waals surface area contributed by atoms with Crippen molar-refractivity contribution in [1.29, 1.82) is 0 Å². The Morgan fingerprint density at radius 2 is 2.21 bits per heavy atom. The molecule has 0 amide bonds. The van der Waals surface area contributed by atoms with Crippen LogP contribution < -0.4 is 10.5 Å². The number of piperidine rings is 1. The van der Waals surface area contributed by atoms with Crippen molar-refractivity contribution in [3.8, 4) is 5.75 Å². The number of nitrogens with zero attached hydrogens (tertiary/aromatic N) is 1. The minimum atomic E-state index is 0.755. The molecule has 1 aromatic carbocycles. The van der Waals surface area contributed by atoms with Gasteiger partial charge in [0.05, 0.1) is 0 Å². The van der Waals surface area contributed by atoms with Crippen LogP contribution in [0.1, 0.15) is 38.2 Å². The highest BCUT2D eigenvalue weighted by atomic mass is 16.5. The zero-order chi connectivity index (χ0) is 13.7. The summed E-state index contributed by atoms with van der Waals surface area (Å²) in [4.78, 5) is 2.58. The highest BCUT2D eigenvalue weighted by molar-refractivity contribution is 5.49. The summed E-state index contributed by atoms with van der Waals surface area (Å²) in [5, 5.41) is 0. The molecule has 1 saturated heterocycles. The van der Waals surface area contributed by atoms with Crippen LogP contribution in [-0.4, -0.2) is 30.6 Å². The number of anilines is 1. The van der Waals surface area contributed by atoms with Crippen LogP contribution in [0, 0.1) is 6.92 Å². The predicted octanol–water partition coefficient (Wildman–Crippen LogP) is 3.22. The van der Waals surface area contributed by atoms with Crippen molar-refractivity contribution in [2.45, 2.75) is 45.6 Å². The smallest absolute Gasteiger partial charge is 0.119 e. The van der Waals surface area contributed by atoms with E-state index in [1.165, 1.54) is 32.2 Å². The largest absolute Gasteiger partial charge is 0.492 e. The molecular formula is C16H26N2O. The monoisotopic (exact) mass is 262 g/mol. The van der Waals surface area contributed by atoms with E-state index in [-0.39, 0.29) is 0 Å². The topological polar surface area (TPSA) is 38.5 Å². The highest BCUT2D eigenvalue weighted by Gasteiger charge is 2.20. The molecule has 1 fully saturated rings. The van der Waals surface area contributed by atoms with E-state index in [4.69, 9.17) is 10.5 Å². The second kappa shape index (κ2) is 6.80. The molecule has 1 atom stereocenters. The minimum Gasteiger partial charge on any atom is -0.492 e. The van der Waals surface area contributed by atoms with Gasteiger partial charge in [-0.3, -0.25) is 4.90 Å². The Kier molecular flexibility index (Phi) is 5.08. The number of hydrogen-bond donors (Lipinski definition) is 1. The molecule has 0 aliphatic carbocycles. The van der Waals surface area contributed by atoms with Gasteiger partial charge in [-0.25, -0.2) is 0 Å². The van der Waals surface area contributed by atoms with E-state index in [9.17, 15) is 0 Å². The van der Waals surface area contributed by atoms with E-state index in [0.29, 0.717) is 0 Å². The average molecular weight is 262 g/mol. The first-order chi connectivity index (χ1) is 9.20. The molecular weight excluding hydrogens is 236 g/mol. The van der Waals surface area contributed by atoms with Gasteiger partial charge < -0.3 is 10.5 Å². The Hall–Kier alpha value is -1.22. The third-order valence-electron chi connectivity index (χ3n) is 4.11. The van der Waals surface area contributed by atoms with Crippen molar-refractivity contribution in [1.82, 2.24) is 4.90 Å². The van der Waals surface area contributed by atoms with Crippen molar-refractivity contribution < 1.29 is 4.74 Å². The first kappa shape index (κ1) is 14.2. The Bertz CT molecular complexity index is 406. The predicted molar refractivity (Wildman–Crippen MR) is 80.6 cm³/mol. The third kappa shape index (κ3) is 3.87. The van der Waals surface area contributed by atoms with Gasteiger partial charge in [0.1, 0.15) is 12.4 Å². The normalized spacial score (nSPS) is 20.4. The summed E-state index contributed by atoms with van der Waals surface area (Å²) in [5.41, 5.74) is 7.72. The summed E-state index contributed by atoms with van der Waals surface area (Å²) in [6.07, 6.45) is 5.31. The summed E-state index contributed by atoms with van der Waals surface area (Å²) in [6.45, 7) is 7.32. The maximum atomic E-state index is 5.84. The number of nitrogens with two attached hydrogens (primary N) is 1. The molecule has 3 nitrogen and oxygen atoms in total. The number of benzene rings is 1. The van der Waals surface area contributed by atoms with Gasteiger partial charge >= 0.3 is 0 Å². The SMILES string of the molecule is CCC1CCCCN1CCOc1ccc(N)c(C)c1. The lowest BCUT2D eigenvalue weighted by Gasteiger charge is -2.35. The Balaban J connectivity index is 1.80. The quantitative estimate of drug-likeness (QED) is 0.828. The number of rotatable bonds is 5. The van der Waals surface area contributed by atoms with E-state index in [1.807, 2.05) is 25.1 Å². The summed E-state index contributed by atoms with van der Waals surface area (Å²) in [6, 6.07) is 6.64. The minimum absolute atomic E-state index is 0.755. The lowest BCUT2D eigenvalue weighted by Crippen LogP contribution is -2.41. The van der Waals surface area contributed by atoms with Crippen LogP contribution in [-0.2, 0) is 0 Å². The van der Waals surface area contributed by atoms with E-state index in [2.05, 4.69) is 11.8 Å². The van der Waals surface area contributed by atoms with E-state index in [1.54, 1.807) is 0 Å². The fraction of sp³-hybridized carbons (Fsp3) is 0.625. The standard InChI is InChI=1S/C16H26N2O/c1-3-14-6-4-5-9-18(14)10-11-19-15-7-8-16(17)13(2)12-15/h7-8,12,14H,3-6,9-11,17H2,1-2H3. The van der Waals surface area contributed by atoms with Crippen molar-refractivity contribution in [2.75, 3.05) is 25.4 Å². The van der Waals surface area contributed by atoms with E-state index >= 15 is 0 Å². The van der Waals surface area contributed by atoms with Crippen molar-refractivity contribution in [3.05, 3.63) is 23.8 Å². The summed E-state index contributed by atoms with van der Waals surface area (Å²) < 4.78 is 5.84. The van der Waals surface area contributed by atoms with Gasteiger partial charge in [0.25, 0.3) is 0 Å². The molecule has 19 heavy (non-hydrogen) atoms. The van der Waals surface area contributed by atoms with Crippen molar-refractivity contribution in [2.24, 2.45) is 0 Å². The van der Waals surface area contributed by atoms with Gasteiger partial charge in [-0.05, 0) is 56.5 Å². The molecule has 106 valence electrons. The van der Waals surface area contributed by atoms with E-state index in [0.717, 1.165) is 36.2 Å². The summed E-state index contributed by atoms with van der Waals surface area (Å²) >= 11 is 0. The van der Waals surface area contributed by atoms with Crippen LogP contribution in [0.2, 0.25) is 0 Å². The molecule has 1 aliphatic rings. The van der Waals surface area contributed by atoms with Crippen LogP contribution in [0.15, 0.2) is 18.2 Å². The van der Waals surface area contributed by atoms with Crippen LogP contribution >= 0.6 is 0 Å². The number of ether oxygens (including phenoxy) is 1. The van der Waals surface area contributed by atoms with Gasteiger partial charge in [-0.15, -0.1) is 0 Å². The fourth-order valence-electron chi connectivity index (χ4n) is 2.84. The molecule has 1 heterocycles. The van der Waals surface area contributed by atoms with Gasteiger partial charge in [0.15, 0.2) is 0 Å². The molecule has 0 bridgehead atoms. The second-order valence-corrected chi connectivity index (χ2v) is 5.46. The number of likely N-dealkylation sites (tertiary alicyclic amines) is 1. The Morgan fingerprint density at radius 3 is 2.95 bits per heavy atom. The molecule has 0 radical (unpaired) electrons. The highest BCUT2D eigenvalue weighted by Crippen LogP contribution is 2.20. The molecule has 2 rings (SSSR count). The molecule has 3 heteroatoms. The number of hydrogen-bond acceptors (Lipinski definition) is 3. The maximum absolute atomic E-state index is 5.84. The number of aryl methyl sites for hydroxylation is 1. The second-order valence-electron chi connectivity index (χ2n) is 5.46. The van der Waals surface area contributed by atoms with E-state index < -0.39 is 0 Å². The van der Waals surface area contributed by atoms with Crippen LogP contribution in [0.5, 0.6) is 5.75 Å². The molecule has 2 N–H and O–H groups in total. The van der Waals surface area contributed by atoms with Crippen molar-refractivity contribution >= 4 is 5.69 Å². The lowest BCUT2D eigenvalue weighted by atomic mass is 10.0. The van der Waals surface area contributed by atoms with Crippen LogP contribution in [0.25, 0.3) is 0 Å². The van der Waals surface area contributed by atoms with Gasteiger partial charge in [0.2, 0.25) is 0 Å². The molecule has 1 aliphatic heterocycles. The number of nitrogen functional groups attached to an aromatic ring is 1. The molecule has 0 aromatic heterocycles. The molecule has 1 unspecified atom stereocenters. The Morgan fingerprint density at radius 1 is 1.37 bits per heavy atom. The van der Waals surface area contributed by atoms with Crippen LogP contribution in [0.4, 0.5) is 5.69 Å². The average Bonchev–Trinajstić information content (AvgIpc) is 2.43. The first-order valence-corrected chi connectivity index (χ1v) is 7.43. The summed E-state index contributed by atoms with van der Waals surface area (Å²) in [7, 11) is 0. The zero-order valence-corrected chi connectivity index (χ0v) is 12.2. The maximum Gasteiger partial charge on any atom is 0.119 e. The molecule has 1 aromatic rings. The van der Waals surface area contributed by atoms with Gasteiger partial charge in [0, 0.05) is 18.3 Å². The molecule has 0 saturated carbocycles. The fourth-order valence-corrected chi connectivity index (χ4v) is 2.84. The van der Waals surface area contributed by atoms with Gasteiger partial charge in [-0.1, -0.05) is 13.3 Å². The zero-order valence-electron chi connectivity index (χ0n) is 12.2. The first-order valence-electron chi connectivity index (χ1n) is 7.43. The summed E-state index contributed by atoms with van der Waals surface area (Å²) in [5.74, 6) is 0.928. The third-order valence-corrected chi connectivity index (χ3v) is 4.11. The van der Waals surface area contributed by atoms with Crippen molar-refractivity contribution in [3.63, 3.8) is 0 Å². The Labute approximate surface area is 116 Å².